The highest BCUT2D eigenvalue weighted by molar-refractivity contribution is 5.91. The number of carbonyl (C=O) groups excluding carboxylic acids is 1. The molecule has 2 rings (SSSR count). The molecule has 23 heavy (non-hydrogen) atoms. The van der Waals surface area contributed by atoms with E-state index in [2.05, 4.69) is 5.32 Å². The number of nitro groups is 1. The predicted molar refractivity (Wildman–Crippen MR) is 85.2 cm³/mol. The van der Waals surface area contributed by atoms with Gasteiger partial charge in [0.15, 0.2) is 0 Å². The third-order valence-electron chi connectivity index (χ3n) is 3.18. The molecule has 0 atom stereocenters. The largest absolute Gasteiger partial charge is 0.352 e. The van der Waals surface area contributed by atoms with Gasteiger partial charge in [0.05, 0.1) is 4.92 Å². The number of carbonyl (C=O) groups is 1. The fourth-order valence-corrected chi connectivity index (χ4v) is 1.96. The molecular weight excluding hydrogens is 299 g/mol. The maximum Gasteiger partial charge on any atom is 0.269 e. The van der Waals surface area contributed by atoms with E-state index in [1.54, 1.807) is 36.4 Å². The van der Waals surface area contributed by atoms with Crippen LogP contribution in [0.5, 0.6) is 0 Å². The van der Waals surface area contributed by atoms with Gasteiger partial charge in [0.2, 0.25) is 5.91 Å². The summed E-state index contributed by atoms with van der Waals surface area (Å²) in [6, 6.07) is 12.3. The highest BCUT2D eigenvalue weighted by Gasteiger charge is 2.03. The highest BCUT2D eigenvalue weighted by Crippen LogP contribution is 2.12. The number of benzene rings is 2. The van der Waals surface area contributed by atoms with Gasteiger partial charge >= 0.3 is 0 Å². The molecule has 0 radical (unpaired) electrons. The number of amides is 1. The lowest BCUT2D eigenvalue weighted by molar-refractivity contribution is -0.384. The quantitative estimate of drug-likeness (QED) is 0.506. The van der Waals surface area contributed by atoms with Crippen LogP contribution in [0.1, 0.15) is 11.1 Å². The second-order valence-electron chi connectivity index (χ2n) is 4.81. The van der Waals surface area contributed by atoms with E-state index >= 15 is 0 Å². The molecule has 0 aliphatic heterocycles. The molecule has 0 fully saturated rings. The third kappa shape index (κ3) is 5.03. The van der Waals surface area contributed by atoms with Crippen molar-refractivity contribution < 1.29 is 14.1 Å². The summed E-state index contributed by atoms with van der Waals surface area (Å²) in [5.74, 6) is -0.595. The van der Waals surface area contributed by atoms with Gasteiger partial charge in [-0.05, 0) is 41.8 Å². The molecule has 5 nitrogen and oxygen atoms in total. The maximum absolute atomic E-state index is 13.4. The normalized spacial score (nSPS) is 10.7. The predicted octanol–water partition coefficient (Wildman–Crippen LogP) is 3.11. The molecule has 1 amide bonds. The molecule has 1 N–H and O–H groups in total. The van der Waals surface area contributed by atoms with E-state index in [-0.39, 0.29) is 17.4 Å². The number of rotatable bonds is 6. The summed E-state index contributed by atoms with van der Waals surface area (Å²) in [6.45, 7) is 0.324. The molecule has 0 unspecified atom stereocenters. The summed E-state index contributed by atoms with van der Waals surface area (Å²) < 4.78 is 13.4. The number of nitrogens with one attached hydrogen (secondary N) is 1. The Kier molecular flexibility index (Phi) is 5.57. The fourth-order valence-electron chi connectivity index (χ4n) is 1.96. The average molecular weight is 314 g/mol. The van der Waals surface area contributed by atoms with Crippen molar-refractivity contribution in [1.82, 2.24) is 5.32 Å². The van der Waals surface area contributed by atoms with Gasteiger partial charge in [0.1, 0.15) is 5.82 Å². The van der Waals surface area contributed by atoms with Crippen LogP contribution in [-0.2, 0) is 11.2 Å². The van der Waals surface area contributed by atoms with E-state index in [0.29, 0.717) is 24.1 Å². The van der Waals surface area contributed by atoms with Gasteiger partial charge in [-0.2, -0.15) is 0 Å². The minimum absolute atomic E-state index is 0.00325. The van der Waals surface area contributed by atoms with Crippen LogP contribution < -0.4 is 5.32 Å². The molecule has 6 heteroatoms. The molecule has 0 saturated carbocycles. The Hall–Kier alpha value is -3.02. The maximum atomic E-state index is 13.4. The van der Waals surface area contributed by atoms with Crippen LogP contribution in [0.4, 0.5) is 10.1 Å². The highest BCUT2D eigenvalue weighted by atomic mass is 19.1. The molecule has 118 valence electrons. The van der Waals surface area contributed by atoms with Gasteiger partial charge in [0.25, 0.3) is 5.69 Å². The van der Waals surface area contributed by atoms with Crippen molar-refractivity contribution in [3.8, 4) is 0 Å². The van der Waals surface area contributed by atoms with E-state index in [1.165, 1.54) is 24.3 Å². The molecule has 0 saturated heterocycles. The minimum Gasteiger partial charge on any atom is -0.352 e. The van der Waals surface area contributed by atoms with Gasteiger partial charge in [0, 0.05) is 24.8 Å². The zero-order chi connectivity index (χ0) is 16.7. The first kappa shape index (κ1) is 16.4. The molecule has 0 heterocycles. The van der Waals surface area contributed by atoms with E-state index < -0.39 is 4.92 Å². The van der Waals surface area contributed by atoms with E-state index in [4.69, 9.17) is 0 Å². The van der Waals surface area contributed by atoms with Gasteiger partial charge in [-0.25, -0.2) is 4.39 Å². The third-order valence-corrected chi connectivity index (χ3v) is 3.18. The fraction of sp³-hybridized carbons (Fsp3) is 0.118. The summed E-state index contributed by atoms with van der Waals surface area (Å²) >= 11 is 0. The molecule has 0 aliphatic rings. The molecule has 0 aromatic heterocycles. The monoisotopic (exact) mass is 314 g/mol. The van der Waals surface area contributed by atoms with E-state index in [9.17, 15) is 19.3 Å². The Morgan fingerprint density at radius 1 is 1.17 bits per heavy atom. The first-order valence-corrected chi connectivity index (χ1v) is 7.00. The van der Waals surface area contributed by atoms with Gasteiger partial charge in [-0.15, -0.1) is 0 Å². The smallest absolute Gasteiger partial charge is 0.269 e. The number of hydrogen-bond donors (Lipinski definition) is 1. The lowest BCUT2D eigenvalue weighted by Crippen LogP contribution is -2.23. The summed E-state index contributed by atoms with van der Waals surface area (Å²) in [5.41, 5.74) is 1.23. The molecule has 2 aromatic carbocycles. The first-order valence-electron chi connectivity index (χ1n) is 7.00. The summed E-state index contributed by atoms with van der Waals surface area (Å²) in [4.78, 5) is 21.7. The van der Waals surface area contributed by atoms with Crippen LogP contribution >= 0.6 is 0 Å². The average Bonchev–Trinajstić information content (AvgIpc) is 2.55. The van der Waals surface area contributed by atoms with Crippen LogP contribution in [-0.4, -0.2) is 17.4 Å². The van der Waals surface area contributed by atoms with Crippen LogP contribution in [0, 0.1) is 15.9 Å². The van der Waals surface area contributed by atoms with Crippen LogP contribution in [0.15, 0.2) is 54.6 Å². The van der Waals surface area contributed by atoms with E-state index in [0.717, 1.165) is 0 Å². The zero-order valence-corrected chi connectivity index (χ0v) is 12.2. The van der Waals surface area contributed by atoms with Crippen molar-refractivity contribution in [3.63, 3.8) is 0 Å². The Balaban J connectivity index is 1.82. The van der Waals surface area contributed by atoms with Gasteiger partial charge in [-0.1, -0.05) is 18.2 Å². The van der Waals surface area contributed by atoms with Crippen LogP contribution in [0.3, 0.4) is 0 Å². The van der Waals surface area contributed by atoms with Crippen molar-refractivity contribution in [1.29, 1.82) is 0 Å². The van der Waals surface area contributed by atoms with Crippen molar-refractivity contribution in [2.24, 2.45) is 0 Å². The lowest BCUT2D eigenvalue weighted by Gasteiger charge is -2.03. The van der Waals surface area contributed by atoms with Crippen LogP contribution in [0.25, 0.3) is 6.08 Å². The van der Waals surface area contributed by atoms with Crippen molar-refractivity contribution in [2.45, 2.75) is 6.42 Å². The SMILES string of the molecule is O=C(/C=C/c1ccc([N+](=O)[O-])cc1)NCCc1ccccc1F. The van der Waals surface area contributed by atoms with Crippen molar-refractivity contribution in [2.75, 3.05) is 6.54 Å². The standard InChI is InChI=1S/C17H15FN2O3/c18-16-4-2-1-3-14(16)11-12-19-17(21)10-7-13-5-8-15(9-6-13)20(22)23/h1-10H,11-12H2,(H,19,21)/b10-7+. The second kappa shape index (κ2) is 7.84. The summed E-state index contributed by atoms with van der Waals surface area (Å²) in [6.07, 6.45) is 3.30. The topological polar surface area (TPSA) is 72.2 Å². The molecule has 0 aliphatic carbocycles. The van der Waals surface area contributed by atoms with Crippen molar-refractivity contribution in [3.05, 3.63) is 81.7 Å². The lowest BCUT2D eigenvalue weighted by atomic mass is 10.1. The van der Waals surface area contributed by atoms with E-state index in [1.807, 2.05) is 0 Å². The summed E-state index contributed by atoms with van der Waals surface area (Å²) in [7, 11) is 0. The summed E-state index contributed by atoms with van der Waals surface area (Å²) in [5, 5.41) is 13.2. The first-order chi connectivity index (χ1) is 11.1. The number of nitro benzene ring substituents is 1. The number of nitrogens with zero attached hydrogens (tertiary/aromatic N) is 1. The number of hydrogen-bond acceptors (Lipinski definition) is 3. The Morgan fingerprint density at radius 3 is 2.52 bits per heavy atom. The Labute approximate surface area is 132 Å². The molecule has 0 spiro atoms. The van der Waals surface area contributed by atoms with Crippen LogP contribution in [0.2, 0.25) is 0 Å². The number of non-ortho nitro benzene ring substituents is 1. The molecule has 0 bridgehead atoms. The Morgan fingerprint density at radius 2 is 1.87 bits per heavy atom. The molecular formula is C17H15FN2O3. The van der Waals surface area contributed by atoms with Gasteiger partial charge < -0.3 is 5.32 Å². The second-order valence-corrected chi connectivity index (χ2v) is 4.81. The molecule has 2 aromatic rings. The Bertz CT molecular complexity index is 727. The zero-order valence-electron chi connectivity index (χ0n) is 12.2. The number of halogens is 1. The minimum atomic E-state index is -0.483. The van der Waals surface area contributed by atoms with Crippen molar-refractivity contribution >= 4 is 17.7 Å². The van der Waals surface area contributed by atoms with Gasteiger partial charge in [-0.3, -0.25) is 14.9 Å².